The number of carboxylic acids is 1. The van der Waals surface area contributed by atoms with Gasteiger partial charge in [-0.3, -0.25) is 0 Å². The van der Waals surface area contributed by atoms with Crippen LogP contribution in [0.2, 0.25) is 5.02 Å². The van der Waals surface area contributed by atoms with E-state index in [-0.39, 0.29) is 11.4 Å². The summed E-state index contributed by atoms with van der Waals surface area (Å²) in [7, 11) is 0. The third kappa shape index (κ3) is 3.99. The number of allylic oxidation sites excluding steroid dienone is 1. The SMILES string of the molecule is O=C(O)/C(=C/Cc1c(O)n(Cc2ccccc2)c2ccc(Cl)cc12)C(F)(F)F. The van der Waals surface area contributed by atoms with Crippen molar-refractivity contribution in [3.05, 3.63) is 76.3 Å². The van der Waals surface area contributed by atoms with Crippen LogP contribution < -0.4 is 0 Å². The standard InChI is InChI=1S/C20H15ClF3NO3/c21-13-6-9-17-15(10-13)14(7-8-16(19(27)28)20(22,23)24)18(26)25(17)11-12-4-2-1-3-5-12/h1-6,8-10,26H,7,11H2,(H,27,28)/b16-8-. The summed E-state index contributed by atoms with van der Waals surface area (Å²) in [5.41, 5.74) is -0.0411. The second-order valence-electron chi connectivity index (χ2n) is 6.16. The van der Waals surface area contributed by atoms with E-state index in [1.165, 1.54) is 6.07 Å². The van der Waals surface area contributed by atoms with Crippen LogP contribution in [-0.4, -0.2) is 26.9 Å². The fourth-order valence-corrected chi connectivity index (χ4v) is 3.21. The lowest BCUT2D eigenvalue weighted by Gasteiger charge is -2.08. The summed E-state index contributed by atoms with van der Waals surface area (Å²) in [6.45, 7) is 0.291. The number of aromatic nitrogens is 1. The molecular weight excluding hydrogens is 395 g/mol. The van der Waals surface area contributed by atoms with Gasteiger partial charge in [-0.05, 0) is 30.2 Å². The molecular formula is C20H15ClF3NO3. The Bertz CT molecular complexity index is 1060. The van der Waals surface area contributed by atoms with Gasteiger partial charge < -0.3 is 14.8 Å². The van der Waals surface area contributed by atoms with Gasteiger partial charge in [-0.15, -0.1) is 0 Å². The quantitative estimate of drug-likeness (QED) is 0.572. The van der Waals surface area contributed by atoms with Gasteiger partial charge in [0.2, 0.25) is 0 Å². The Balaban J connectivity index is 2.11. The van der Waals surface area contributed by atoms with Gasteiger partial charge in [-0.2, -0.15) is 13.2 Å². The number of benzene rings is 2. The minimum Gasteiger partial charge on any atom is -0.494 e. The Morgan fingerprint density at radius 2 is 1.82 bits per heavy atom. The second-order valence-corrected chi connectivity index (χ2v) is 6.60. The van der Waals surface area contributed by atoms with Crippen LogP contribution in [0.25, 0.3) is 10.9 Å². The lowest BCUT2D eigenvalue weighted by Crippen LogP contribution is -2.19. The van der Waals surface area contributed by atoms with Crippen LogP contribution in [0.5, 0.6) is 5.88 Å². The topological polar surface area (TPSA) is 62.5 Å². The zero-order valence-electron chi connectivity index (χ0n) is 14.4. The van der Waals surface area contributed by atoms with Crippen molar-refractivity contribution in [3.63, 3.8) is 0 Å². The first-order valence-electron chi connectivity index (χ1n) is 8.22. The number of hydrogen-bond acceptors (Lipinski definition) is 2. The number of aromatic hydroxyl groups is 1. The molecule has 0 bridgehead atoms. The lowest BCUT2D eigenvalue weighted by atomic mass is 10.1. The highest BCUT2D eigenvalue weighted by atomic mass is 35.5. The number of carboxylic acid groups (broad SMARTS) is 1. The van der Waals surface area contributed by atoms with Crippen LogP contribution in [-0.2, 0) is 17.8 Å². The molecule has 4 nitrogen and oxygen atoms in total. The number of fused-ring (bicyclic) bond motifs is 1. The Morgan fingerprint density at radius 3 is 2.43 bits per heavy atom. The molecule has 0 atom stereocenters. The molecule has 28 heavy (non-hydrogen) atoms. The summed E-state index contributed by atoms with van der Waals surface area (Å²) in [5, 5.41) is 20.3. The summed E-state index contributed by atoms with van der Waals surface area (Å²) < 4.78 is 40.3. The predicted molar refractivity (Wildman–Crippen MR) is 99.6 cm³/mol. The molecule has 3 rings (SSSR count). The molecule has 0 fully saturated rings. The van der Waals surface area contributed by atoms with Crippen molar-refractivity contribution in [3.8, 4) is 5.88 Å². The molecule has 0 aliphatic carbocycles. The largest absolute Gasteiger partial charge is 0.494 e. The third-order valence-corrected chi connectivity index (χ3v) is 4.56. The molecule has 0 amide bonds. The molecule has 0 aliphatic heterocycles. The molecule has 0 unspecified atom stereocenters. The monoisotopic (exact) mass is 409 g/mol. The maximum absolute atomic E-state index is 12.9. The summed E-state index contributed by atoms with van der Waals surface area (Å²) >= 11 is 6.02. The number of nitrogens with zero attached hydrogens (tertiary/aromatic N) is 1. The van der Waals surface area contributed by atoms with Gasteiger partial charge in [0, 0.05) is 16.0 Å². The van der Waals surface area contributed by atoms with Gasteiger partial charge in [0.1, 0.15) is 5.57 Å². The first-order valence-corrected chi connectivity index (χ1v) is 8.60. The van der Waals surface area contributed by atoms with E-state index in [0.717, 1.165) is 5.56 Å². The Hall–Kier alpha value is -2.93. The highest BCUT2D eigenvalue weighted by Gasteiger charge is 2.38. The highest BCUT2D eigenvalue weighted by Crippen LogP contribution is 2.35. The fourth-order valence-electron chi connectivity index (χ4n) is 3.04. The molecule has 1 aromatic heterocycles. The number of halogens is 4. The smallest absolute Gasteiger partial charge is 0.423 e. The summed E-state index contributed by atoms with van der Waals surface area (Å²) in [4.78, 5) is 10.9. The maximum atomic E-state index is 12.9. The molecule has 146 valence electrons. The average Bonchev–Trinajstić information content (AvgIpc) is 2.86. The van der Waals surface area contributed by atoms with Crippen molar-refractivity contribution in [2.75, 3.05) is 0 Å². The number of hydrogen-bond donors (Lipinski definition) is 2. The van der Waals surface area contributed by atoms with Gasteiger partial charge in [-0.25, -0.2) is 4.79 Å². The maximum Gasteiger partial charge on any atom is 0.423 e. The molecule has 0 aliphatic rings. The van der Waals surface area contributed by atoms with Crippen molar-refractivity contribution in [2.45, 2.75) is 19.1 Å². The van der Waals surface area contributed by atoms with Gasteiger partial charge in [-0.1, -0.05) is 48.0 Å². The van der Waals surface area contributed by atoms with Gasteiger partial charge in [0.05, 0.1) is 12.1 Å². The van der Waals surface area contributed by atoms with E-state index >= 15 is 0 Å². The van der Waals surface area contributed by atoms with E-state index in [1.54, 1.807) is 16.7 Å². The highest BCUT2D eigenvalue weighted by molar-refractivity contribution is 6.31. The Kier molecular flexibility index (Phi) is 5.38. The van der Waals surface area contributed by atoms with Crippen molar-refractivity contribution in [1.29, 1.82) is 0 Å². The van der Waals surface area contributed by atoms with Crippen LogP contribution in [0.4, 0.5) is 13.2 Å². The van der Waals surface area contributed by atoms with E-state index < -0.39 is 24.1 Å². The van der Waals surface area contributed by atoms with Gasteiger partial charge >= 0.3 is 12.1 Å². The van der Waals surface area contributed by atoms with Crippen LogP contribution in [0.3, 0.4) is 0 Å². The fraction of sp³-hybridized carbons (Fsp3) is 0.150. The second kappa shape index (κ2) is 7.59. The predicted octanol–water partition coefficient (Wildman–Crippen LogP) is 5.16. The first kappa shape index (κ1) is 19.8. The van der Waals surface area contributed by atoms with E-state index in [9.17, 15) is 23.1 Å². The number of aliphatic carboxylic acids is 1. The number of carbonyl (C=O) groups is 1. The van der Waals surface area contributed by atoms with Crippen LogP contribution in [0, 0.1) is 0 Å². The molecule has 0 saturated carbocycles. The zero-order chi connectivity index (χ0) is 20.5. The van der Waals surface area contributed by atoms with Crippen molar-refractivity contribution < 1.29 is 28.2 Å². The van der Waals surface area contributed by atoms with Crippen LogP contribution in [0.1, 0.15) is 11.1 Å². The van der Waals surface area contributed by atoms with Crippen molar-refractivity contribution in [2.24, 2.45) is 0 Å². The lowest BCUT2D eigenvalue weighted by molar-refractivity contribution is -0.144. The number of alkyl halides is 3. The average molecular weight is 410 g/mol. The molecule has 2 N–H and O–H groups in total. The molecule has 1 heterocycles. The molecule has 8 heteroatoms. The van der Waals surface area contributed by atoms with Crippen LogP contribution >= 0.6 is 11.6 Å². The van der Waals surface area contributed by atoms with E-state index in [0.29, 0.717) is 28.5 Å². The zero-order valence-corrected chi connectivity index (χ0v) is 15.1. The van der Waals surface area contributed by atoms with Crippen molar-refractivity contribution in [1.82, 2.24) is 4.57 Å². The molecule has 3 aromatic rings. The molecule has 0 spiro atoms. The minimum absolute atomic E-state index is 0.177. The summed E-state index contributed by atoms with van der Waals surface area (Å²) in [5.74, 6) is -2.30. The normalized spacial score (nSPS) is 12.5. The van der Waals surface area contributed by atoms with E-state index in [4.69, 9.17) is 16.7 Å². The van der Waals surface area contributed by atoms with Crippen LogP contribution in [0.15, 0.2) is 60.2 Å². The van der Waals surface area contributed by atoms with Gasteiger partial charge in [0.15, 0.2) is 5.88 Å². The molecule has 2 aromatic carbocycles. The Labute approximate surface area is 163 Å². The van der Waals surface area contributed by atoms with E-state index in [1.807, 2.05) is 30.3 Å². The summed E-state index contributed by atoms with van der Waals surface area (Å²) in [6, 6.07) is 14.0. The Morgan fingerprint density at radius 1 is 1.14 bits per heavy atom. The van der Waals surface area contributed by atoms with E-state index in [2.05, 4.69) is 0 Å². The minimum atomic E-state index is -5.00. The summed E-state index contributed by atoms with van der Waals surface area (Å²) in [6.07, 6.45) is -4.85. The first-order chi connectivity index (χ1) is 13.2. The molecule has 0 saturated heterocycles. The van der Waals surface area contributed by atoms with Gasteiger partial charge in [0.25, 0.3) is 0 Å². The van der Waals surface area contributed by atoms with Crippen molar-refractivity contribution >= 4 is 28.5 Å². The third-order valence-electron chi connectivity index (χ3n) is 4.33. The molecule has 0 radical (unpaired) electrons. The number of rotatable bonds is 5.